The number of benzene rings is 3. The highest BCUT2D eigenvalue weighted by Gasteiger charge is 2.36. The van der Waals surface area contributed by atoms with Crippen LogP contribution in [0.3, 0.4) is 0 Å². The fourth-order valence-corrected chi connectivity index (χ4v) is 5.13. The van der Waals surface area contributed by atoms with Crippen molar-refractivity contribution in [2.24, 2.45) is 0 Å². The van der Waals surface area contributed by atoms with Crippen molar-refractivity contribution < 1.29 is 28.8 Å². The lowest BCUT2D eigenvalue weighted by Crippen LogP contribution is -2.33. The zero-order valence-corrected chi connectivity index (χ0v) is 24.4. The van der Waals surface area contributed by atoms with Gasteiger partial charge in [0.2, 0.25) is 0 Å². The Bertz CT molecular complexity index is 1540. The van der Waals surface area contributed by atoms with Crippen LogP contribution in [0.25, 0.3) is 6.08 Å². The Labute approximate surface area is 249 Å². The van der Waals surface area contributed by atoms with Gasteiger partial charge in [-0.25, -0.2) is 0 Å². The number of thioether (sulfide) groups is 1. The van der Waals surface area contributed by atoms with Gasteiger partial charge in [-0.2, -0.15) is 0 Å². The van der Waals surface area contributed by atoms with Crippen molar-refractivity contribution in [2.75, 3.05) is 13.2 Å². The molecule has 0 radical (unpaired) electrons. The summed E-state index contributed by atoms with van der Waals surface area (Å²) in [6.45, 7) is 5.91. The zero-order valence-electron chi connectivity index (χ0n) is 22.0. The van der Waals surface area contributed by atoms with E-state index in [2.05, 4.69) is 22.5 Å². The van der Waals surface area contributed by atoms with Crippen LogP contribution in [0.2, 0.25) is 0 Å². The fraction of sp³-hybridized carbons (Fsp3) is 0.167. The van der Waals surface area contributed by atoms with Crippen molar-refractivity contribution in [3.05, 3.63) is 115 Å². The van der Waals surface area contributed by atoms with Crippen molar-refractivity contribution in [3.63, 3.8) is 0 Å². The van der Waals surface area contributed by atoms with Gasteiger partial charge in [0.15, 0.2) is 17.3 Å². The van der Waals surface area contributed by atoms with Gasteiger partial charge in [0.1, 0.15) is 6.61 Å². The number of nitro benzene ring substituents is 1. The van der Waals surface area contributed by atoms with E-state index >= 15 is 0 Å². The van der Waals surface area contributed by atoms with Crippen molar-refractivity contribution in [1.82, 2.24) is 4.90 Å². The third-order valence-electron chi connectivity index (χ3n) is 5.99. The molecule has 0 spiro atoms. The number of hydrogen-bond donors (Lipinski definition) is 0. The van der Waals surface area contributed by atoms with E-state index in [9.17, 15) is 24.5 Å². The van der Waals surface area contributed by atoms with Gasteiger partial charge in [-0.3, -0.25) is 29.4 Å². The third-order valence-corrected chi connectivity index (χ3v) is 7.42. The first-order valence-electron chi connectivity index (χ1n) is 12.5. The van der Waals surface area contributed by atoms with E-state index < -0.39 is 28.4 Å². The van der Waals surface area contributed by atoms with Crippen LogP contribution in [0, 0.1) is 10.1 Å². The predicted octanol–water partition coefficient (Wildman–Crippen LogP) is 6.98. The summed E-state index contributed by atoms with van der Waals surface area (Å²) in [5.74, 6) is -0.0620. The second-order valence-electron chi connectivity index (χ2n) is 8.84. The highest BCUT2D eigenvalue weighted by molar-refractivity contribution is 9.10. The van der Waals surface area contributed by atoms with Crippen molar-refractivity contribution in [2.45, 2.75) is 20.0 Å². The minimum absolute atomic E-state index is 0.155. The molecule has 9 nitrogen and oxygen atoms in total. The van der Waals surface area contributed by atoms with Crippen LogP contribution in [0.15, 0.2) is 82.7 Å². The molecule has 4 rings (SSSR count). The van der Waals surface area contributed by atoms with E-state index in [1.807, 2.05) is 37.3 Å². The van der Waals surface area contributed by atoms with Gasteiger partial charge in [0, 0.05) is 27.7 Å². The number of allylic oxidation sites excluding steroid dienone is 1. The van der Waals surface area contributed by atoms with E-state index in [1.165, 1.54) is 24.3 Å². The molecule has 41 heavy (non-hydrogen) atoms. The molecule has 1 heterocycles. The number of non-ortho nitro benzene ring substituents is 1. The number of imide groups is 1. The van der Waals surface area contributed by atoms with E-state index in [4.69, 9.17) is 9.47 Å². The highest BCUT2D eigenvalue weighted by atomic mass is 79.9. The van der Waals surface area contributed by atoms with Crippen molar-refractivity contribution in [3.8, 4) is 11.5 Å². The van der Waals surface area contributed by atoms with E-state index in [0.29, 0.717) is 36.7 Å². The summed E-state index contributed by atoms with van der Waals surface area (Å²) in [5.41, 5.74) is 2.38. The van der Waals surface area contributed by atoms with Crippen LogP contribution >= 0.6 is 27.7 Å². The Balaban J connectivity index is 1.56. The van der Waals surface area contributed by atoms with Gasteiger partial charge < -0.3 is 9.47 Å². The van der Waals surface area contributed by atoms with Crippen LogP contribution < -0.4 is 9.47 Å². The predicted molar refractivity (Wildman–Crippen MR) is 160 cm³/mol. The molecule has 0 unspecified atom stereocenters. The molecule has 1 fully saturated rings. The number of hydrogen-bond acceptors (Lipinski definition) is 8. The Hall–Kier alpha value is -4.22. The molecule has 1 aliphatic heterocycles. The number of ether oxygens (including phenoxy) is 2. The highest BCUT2D eigenvalue weighted by Crippen LogP contribution is 2.38. The quantitative estimate of drug-likeness (QED) is 0.0687. The molecule has 0 aliphatic carbocycles. The maximum atomic E-state index is 13.1. The Kier molecular flexibility index (Phi) is 9.74. The number of halogens is 1. The summed E-state index contributed by atoms with van der Waals surface area (Å²) in [6, 6.07) is 16.3. The maximum Gasteiger partial charge on any atom is 0.293 e. The topological polar surface area (TPSA) is 116 Å². The van der Waals surface area contributed by atoms with E-state index in [-0.39, 0.29) is 16.2 Å². The van der Waals surface area contributed by atoms with E-state index in [1.54, 1.807) is 18.2 Å². The van der Waals surface area contributed by atoms with Crippen LogP contribution in [-0.4, -0.2) is 39.9 Å². The van der Waals surface area contributed by atoms with Gasteiger partial charge in [-0.05, 0) is 78.7 Å². The van der Waals surface area contributed by atoms with Gasteiger partial charge in [0.25, 0.3) is 16.8 Å². The minimum Gasteiger partial charge on any atom is -0.490 e. The summed E-state index contributed by atoms with van der Waals surface area (Å²) in [7, 11) is 0. The average molecular weight is 638 g/mol. The maximum absolute atomic E-state index is 13.1. The molecule has 2 amide bonds. The second-order valence-corrected chi connectivity index (χ2v) is 10.8. The minimum atomic E-state index is -0.603. The Morgan fingerprint density at radius 2 is 1.80 bits per heavy atom. The number of nitro groups is 1. The molecule has 3 aromatic rings. The first kappa shape index (κ1) is 29.8. The van der Waals surface area contributed by atoms with Gasteiger partial charge in [-0.15, -0.1) is 6.58 Å². The second kappa shape index (κ2) is 13.4. The van der Waals surface area contributed by atoms with Crippen LogP contribution in [0.5, 0.6) is 11.5 Å². The van der Waals surface area contributed by atoms with Crippen LogP contribution in [0.1, 0.15) is 34.0 Å². The standard InChI is InChI=1S/C30H25BrN2O7S/c1-3-5-22-14-20(15-26(39-4-2)28(22)40-18-19-6-10-23(31)11-7-19)16-27-29(35)32(30(36)41-27)17-25(34)21-8-12-24(13-9-21)33(37)38/h3,6-16H,1,4-5,17-18H2,2H3/b27-16-. The lowest BCUT2D eigenvalue weighted by Gasteiger charge is -2.17. The van der Waals surface area contributed by atoms with Gasteiger partial charge in [0.05, 0.1) is 23.0 Å². The molecule has 210 valence electrons. The summed E-state index contributed by atoms with van der Waals surface area (Å²) in [6.07, 6.45) is 3.79. The number of carbonyl (C=O) groups excluding carboxylic acids is 3. The summed E-state index contributed by atoms with van der Waals surface area (Å²) >= 11 is 4.16. The number of nitrogens with zero attached hydrogens (tertiary/aromatic N) is 2. The Morgan fingerprint density at radius 3 is 2.44 bits per heavy atom. The molecule has 1 aliphatic rings. The number of carbonyl (C=O) groups is 3. The molecule has 0 atom stereocenters. The molecular weight excluding hydrogens is 612 g/mol. The fourth-order valence-electron chi connectivity index (χ4n) is 4.03. The molecular formula is C30H25BrN2O7S. The van der Waals surface area contributed by atoms with Crippen LogP contribution in [-0.2, 0) is 17.8 Å². The molecule has 0 bridgehead atoms. The number of Topliss-reactive ketones (excluding diaryl/α,β-unsaturated/α-hetero) is 1. The van der Waals surface area contributed by atoms with Gasteiger partial charge in [-0.1, -0.05) is 34.1 Å². The average Bonchev–Trinajstić information content (AvgIpc) is 3.21. The van der Waals surface area contributed by atoms with Crippen molar-refractivity contribution >= 4 is 56.4 Å². The summed E-state index contributed by atoms with van der Waals surface area (Å²) in [5, 5.41) is 10.3. The number of amides is 2. The summed E-state index contributed by atoms with van der Waals surface area (Å²) < 4.78 is 13.0. The molecule has 0 N–H and O–H groups in total. The molecule has 11 heteroatoms. The molecule has 1 saturated heterocycles. The largest absolute Gasteiger partial charge is 0.490 e. The lowest BCUT2D eigenvalue weighted by atomic mass is 10.0. The van der Waals surface area contributed by atoms with E-state index in [0.717, 1.165) is 32.3 Å². The van der Waals surface area contributed by atoms with Crippen molar-refractivity contribution in [1.29, 1.82) is 0 Å². The summed E-state index contributed by atoms with van der Waals surface area (Å²) in [4.78, 5) is 49.8. The number of ketones is 1. The molecule has 3 aromatic carbocycles. The smallest absolute Gasteiger partial charge is 0.293 e. The lowest BCUT2D eigenvalue weighted by molar-refractivity contribution is -0.384. The molecule has 0 aromatic heterocycles. The third kappa shape index (κ3) is 7.30. The van der Waals surface area contributed by atoms with Gasteiger partial charge >= 0.3 is 0 Å². The first-order chi connectivity index (χ1) is 19.7. The zero-order chi connectivity index (χ0) is 29.5. The van der Waals surface area contributed by atoms with Crippen LogP contribution in [0.4, 0.5) is 10.5 Å². The SMILES string of the molecule is C=CCc1cc(/C=C2\SC(=O)N(CC(=O)c3ccc([N+](=O)[O-])cc3)C2=O)cc(OCC)c1OCc1ccc(Br)cc1. The first-order valence-corrected chi connectivity index (χ1v) is 14.1. The Morgan fingerprint density at radius 1 is 1.10 bits per heavy atom. The molecule has 0 saturated carbocycles. The normalized spacial score (nSPS) is 13.9. The monoisotopic (exact) mass is 636 g/mol. The number of rotatable bonds is 12.